The molecule has 0 rings (SSSR count). The zero-order chi connectivity index (χ0) is 0. The summed E-state index contributed by atoms with van der Waals surface area (Å²) < 4.78 is 0. The molecule has 0 aliphatic carbocycles. The van der Waals surface area contributed by atoms with Crippen molar-refractivity contribution in [2.24, 2.45) is 0 Å². The van der Waals surface area contributed by atoms with E-state index in [1.54, 1.807) is 0 Å². The summed E-state index contributed by atoms with van der Waals surface area (Å²) in [6, 6.07) is 0. The van der Waals surface area contributed by atoms with E-state index >= 15 is 0 Å². The Hall–Kier alpha value is 1.79. The van der Waals surface area contributed by atoms with E-state index in [0.29, 0.717) is 0 Å². The van der Waals surface area contributed by atoms with E-state index < -0.39 is 0 Å². The van der Waals surface area contributed by atoms with Crippen LogP contribution in [0.4, 0.5) is 0 Å². The Labute approximate surface area is 88.6 Å². The first kappa shape index (κ1) is 237. The molecule has 5 nitrogen and oxygen atoms in total. The van der Waals surface area contributed by atoms with Gasteiger partial charge in [-0.25, -0.2) is 0 Å². The van der Waals surface area contributed by atoms with E-state index in [4.69, 9.17) is 0 Å². The number of hydrogen-bond donors (Lipinski definition) is 0. The molecule has 0 amide bonds. The van der Waals surface area contributed by atoms with Crippen molar-refractivity contribution >= 4 is 26.2 Å². The minimum absolute atomic E-state index is 0. The van der Waals surface area contributed by atoms with Gasteiger partial charge in [-0.1, -0.05) is 0 Å². The van der Waals surface area contributed by atoms with Gasteiger partial charge in [-0.05, 0) is 0 Å². The van der Waals surface area contributed by atoms with E-state index in [1.165, 1.54) is 0 Å². The molecule has 0 saturated carbocycles. The van der Waals surface area contributed by atoms with E-state index in [9.17, 15) is 0 Å². The summed E-state index contributed by atoms with van der Waals surface area (Å²) in [5.74, 6) is 0. The first-order valence-electron chi connectivity index (χ1n) is 0. The van der Waals surface area contributed by atoms with Gasteiger partial charge < -0.3 is 27.4 Å². The second kappa shape index (κ2) is 167. The van der Waals surface area contributed by atoms with Gasteiger partial charge in [0.25, 0.3) is 0 Å². The van der Waals surface area contributed by atoms with Gasteiger partial charge in [0, 0.05) is 0 Å². The van der Waals surface area contributed by atoms with Crippen LogP contribution in [0.3, 0.4) is 0 Å². The molecule has 51 valence electrons. The fourth-order valence-corrected chi connectivity index (χ4v) is 0. The molecule has 0 unspecified atom stereocenters. The largest absolute Gasteiger partial charge is 5.00 e. The van der Waals surface area contributed by atoms with Crippen molar-refractivity contribution in [3.8, 4) is 0 Å². The van der Waals surface area contributed by atoms with Crippen molar-refractivity contribution in [3.05, 3.63) is 0 Å². The molecule has 0 aliphatic heterocycles. The second-order valence-corrected chi connectivity index (χ2v) is 0. The standard InChI is InChI=1S/Bi.Cu.5O.V/q+3;+2;5*-2;+5. The number of rotatable bonds is 0. The summed E-state index contributed by atoms with van der Waals surface area (Å²) in [6.45, 7) is 0. The molecule has 0 N–H and O–H groups in total. The molecule has 0 heterocycles. The van der Waals surface area contributed by atoms with Crippen molar-refractivity contribution < 1.29 is 63.0 Å². The smallest absolute Gasteiger partial charge is 2.00 e. The molecule has 0 aromatic heterocycles. The zero-order valence-electron chi connectivity index (χ0n) is 3.24. The van der Waals surface area contributed by atoms with Gasteiger partial charge in [-0.3, -0.25) is 0 Å². The average Bonchev–Trinajstić information content (AvgIpc) is 0. The molecule has 0 atom stereocenters. The minimum atomic E-state index is 0. The van der Waals surface area contributed by atoms with Crippen LogP contribution in [0, 0.1) is 0 Å². The molecule has 0 aliphatic rings. The van der Waals surface area contributed by atoms with Crippen LogP contribution in [0.5, 0.6) is 0 Å². The third kappa shape index (κ3) is 112. The first-order valence-corrected chi connectivity index (χ1v) is 0. The van der Waals surface area contributed by atoms with Gasteiger partial charge in [0.15, 0.2) is 0 Å². The van der Waals surface area contributed by atoms with Crippen molar-refractivity contribution in [2.45, 2.75) is 0 Å². The zero-order valence-corrected chi connectivity index (χ0v) is 9.05. The van der Waals surface area contributed by atoms with Crippen LogP contribution in [-0.4, -0.2) is 26.2 Å². The summed E-state index contributed by atoms with van der Waals surface area (Å²) in [7, 11) is 0. The first-order chi connectivity index (χ1) is 0. The third-order valence-corrected chi connectivity index (χ3v) is 0. The van der Waals surface area contributed by atoms with Gasteiger partial charge in [0.1, 0.15) is 0 Å². The molecule has 0 spiro atoms. The van der Waals surface area contributed by atoms with Crippen LogP contribution in [0.15, 0.2) is 0 Å². The topological polar surface area (TPSA) is 142 Å². The van der Waals surface area contributed by atoms with Crippen molar-refractivity contribution in [1.29, 1.82) is 0 Å². The van der Waals surface area contributed by atoms with Crippen LogP contribution in [0.25, 0.3) is 0 Å². The normalized spacial score (nSPS) is 0. The molecule has 0 aromatic rings. The van der Waals surface area contributed by atoms with Crippen LogP contribution in [0.1, 0.15) is 0 Å². The van der Waals surface area contributed by atoms with Crippen LogP contribution < -0.4 is 0 Å². The van der Waals surface area contributed by atoms with Crippen molar-refractivity contribution in [1.82, 2.24) is 0 Å². The molecule has 0 saturated heterocycles. The van der Waals surface area contributed by atoms with Gasteiger partial charge in [0.2, 0.25) is 0 Å². The molecule has 0 aromatic carbocycles. The van der Waals surface area contributed by atoms with Gasteiger partial charge in [-0.2, -0.15) is 0 Å². The maximum atomic E-state index is 0. The minimum Gasteiger partial charge on any atom is -2.00 e. The maximum Gasteiger partial charge on any atom is 5.00 e. The van der Waals surface area contributed by atoms with E-state index in [-0.39, 0.29) is 89.2 Å². The van der Waals surface area contributed by atoms with Crippen molar-refractivity contribution in [3.63, 3.8) is 0 Å². The molecule has 3 radical (unpaired) electrons. The van der Waals surface area contributed by atoms with Crippen LogP contribution >= 0.6 is 0 Å². The fraction of sp³-hybridized carbons (Fsp3) is 0. The summed E-state index contributed by atoms with van der Waals surface area (Å²) in [5.41, 5.74) is 0. The molecular formula is BiCuO5V. The summed E-state index contributed by atoms with van der Waals surface area (Å²) in [5, 5.41) is 0. The van der Waals surface area contributed by atoms with Crippen LogP contribution in [-0.2, 0) is 63.0 Å². The van der Waals surface area contributed by atoms with Gasteiger partial charge in [0.05, 0.1) is 0 Å². The van der Waals surface area contributed by atoms with E-state index in [1.807, 2.05) is 0 Å². The second-order valence-electron chi connectivity index (χ2n) is 0. The summed E-state index contributed by atoms with van der Waals surface area (Å²) in [6.07, 6.45) is 0. The maximum absolute atomic E-state index is 0. The monoisotopic (exact) mass is 403 g/mol. The fourth-order valence-electron chi connectivity index (χ4n) is 0. The Kier molecular flexibility index (Phi) is 4940. The Morgan fingerprint density at radius 2 is 0.500 bits per heavy atom. The average molecular weight is 403 g/mol. The molecule has 8 heteroatoms. The van der Waals surface area contributed by atoms with Crippen molar-refractivity contribution in [2.75, 3.05) is 0 Å². The Morgan fingerprint density at radius 1 is 0.500 bits per heavy atom. The SMILES string of the molecule is [Bi+3].[Cu+2].[O-2].[O-2].[O-2].[O-2].[O-2].[V+5]. The van der Waals surface area contributed by atoms with Crippen LogP contribution in [0.2, 0.25) is 0 Å². The molecule has 8 heavy (non-hydrogen) atoms. The third-order valence-electron chi connectivity index (χ3n) is 0. The van der Waals surface area contributed by atoms with E-state index in [2.05, 4.69) is 0 Å². The predicted octanol–water partition coefficient (Wildman–Crippen LogP) is -0.980. The molecule has 0 fully saturated rings. The Balaban J connectivity index is 0. The number of hydrogen-bond acceptors (Lipinski definition) is 0. The van der Waals surface area contributed by atoms with E-state index in [0.717, 1.165) is 0 Å². The Bertz CT molecular complexity index is 12.4. The summed E-state index contributed by atoms with van der Waals surface area (Å²) >= 11 is 0. The molecule has 0 bridgehead atoms. The van der Waals surface area contributed by atoms with Gasteiger partial charge >= 0.3 is 61.8 Å². The predicted molar refractivity (Wildman–Crippen MR) is 9.19 cm³/mol. The molecular weight excluding hydrogens is 403 g/mol. The quantitative estimate of drug-likeness (QED) is 0.458. The Morgan fingerprint density at radius 3 is 0.500 bits per heavy atom. The van der Waals surface area contributed by atoms with Gasteiger partial charge in [-0.15, -0.1) is 0 Å². The summed E-state index contributed by atoms with van der Waals surface area (Å²) in [4.78, 5) is 0.